The molecule has 1 unspecified atom stereocenters. The van der Waals surface area contributed by atoms with Crippen LogP contribution in [0.15, 0.2) is 30.3 Å². The zero-order chi connectivity index (χ0) is 16.8. The second-order valence-electron chi connectivity index (χ2n) is 6.06. The van der Waals surface area contributed by atoms with Crippen LogP contribution in [0.4, 0.5) is 4.79 Å². The molecular weight excluding hydrogens is 349 g/mol. The van der Waals surface area contributed by atoms with Gasteiger partial charge in [0.05, 0.1) is 0 Å². The molecule has 0 heterocycles. The number of hydrogen-bond donors (Lipinski definition) is 2. The van der Waals surface area contributed by atoms with Crippen LogP contribution in [0.2, 0.25) is 5.32 Å². The molecule has 122 valence electrons. The van der Waals surface area contributed by atoms with Gasteiger partial charge in [-0.1, -0.05) is 0 Å². The Kier molecular flexibility index (Phi) is 6.91. The van der Waals surface area contributed by atoms with E-state index in [1.165, 1.54) is 4.46 Å². The molecule has 0 aliphatic carbocycles. The summed E-state index contributed by atoms with van der Waals surface area (Å²) in [5.41, 5.74) is -0.648. The van der Waals surface area contributed by atoms with Crippen molar-refractivity contribution in [1.29, 1.82) is 0 Å². The van der Waals surface area contributed by atoms with Crippen LogP contribution in [-0.2, 0) is 9.53 Å². The number of alkyl carbamates (subject to hydrolysis) is 1. The normalized spacial score (nSPS) is 14.0. The first-order chi connectivity index (χ1) is 10.2. The fourth-order valence-electron chi connectivity index (χ4n) is 1.72. The summed E-state index contributed by atoms with van der Waals surface area (Å²) in [6.45, 7) is 7.06. The zero-order valence-corrected chi connectivity index (χ0v) is 15.0. The van der Waals surface area contributed by atoms with E-state index >= 15 is 0 Å². The molecule has 0 aliphatic heterocycles. The summed E-state index contributed by atoms with van der Waals surface area (Å²) in [6, 6.07) is 9.01. The molecule has 0 spiro atoms. The Morgan fingerprint density at radius 1 is 1.27 bits per heavy atom. The predicted molar refractivity (Wildman–Crippen MR) is 86.6 cm³/mol. The number of carbonyl (C=O) groups is 2. The van der Waals surface area contributed by atoms with Gasteiger partial charge in [-0.05, 0) is 0 Å². The fraction of sp³-hybridized carbons (Fsp3) is 0.500. The van der Waals surface area contributed by atoms with Crippen LogP contribution in [0, 0.1) is 5.92 Å². The second-order valence-corrected chi connectivity index (χ2v) is 8.36. The van der Waals surface area contributed by atoms with Crippen molar-refractivity contribution in [2.45, 2.75) is 44.7 Å². The third-order valence-electron chi connectivity index (χ3n) is 2.76. The first-order valence-corrected chi connectivity index (χ1v) is 9.16. The number of amides is 1. The van der Waals surface area contributed by atoms with Gasteiger partial charge < -0.3 is 0 Å². The zero-order valence-electron chi connectivity index (χ0n) is 13.3. The maximum absolute atomic E-state index is 11.8. The molecule has 0 aromatic heterocycles. The number of ether oxygens (including phenoxy) is 1. The van der Waals surface area contributed by atoms with Crippen LogP contribution >= 0.6 is 0 Å². The molecule has 0 saturated heterocycles. The Morgan fingerprint density at radius 2 is 1.86 bits per heavy atom. The summed E-state index contributed by atoms with van der Waals surface area (Å²) in [6.07, 6.45) is -0.695. The van der Waals surface area contributed by atoms with Gasteiger partial charge in [0.25, 0.3) is 0 Å². The average molecular weight is 372 g/mol. The van der Waals surface area contributed by atoms with Crippen LogP contribution in [0.5, 0.6) is 0 Å². The summed E-state index contributed by atoms with van der Waals surface area (Å²) in [5.74, 6) is -1.22. The van der Waals surface area contributed by atoms with Gasteiger partial charge >= 0.3 is 137 Å². The Bertz CT molecular complexity index is 499. The van der Waals surface area contributed by atoms with Crippen LogP contribution < -0.4 is 9.78 Å². The molecular formula is C16H23NO4Se. The Labute approximate surface area is 137 Å². The maximum atomic E-state index is 11.8. The summed E-state index contributed by atoms with van der Waals surface area (Å²) >= 11 is 0.171. The number of benzene rings is 1. The molecule has 1 aromatic carbocycles. The molecule has 1 amide bonds. The minimum absolute atomic E-state index is 0.171. The fourth-order valence-corrected chi connectivity index (χ4v) is 3.82. The van der Waals surface area contributed by atoms with E-state index in [9.17, 15) is 14.7 Å². The van der Waals surface area contributed by atoms with E-state index in [2.05, 4.69) is 5.32 Å². The van der Waals surface area contributed by atoms with E-state index in [4.69, 9.17) is 4.74 Å². The van der Waals surface area contributed by atoms with Gasteiger partial charge in [-0.2, -0.15) is 0 Å². The van der Waals surface area contributed by atoms with Crippen molar-refractivity contribution in [3.8, 4) is 0 Å². The van der Waals surface area contributed by atoms with Gasteiger partial charge in [0.2, 0.25) is 0 Å². The van der Waals surface area contributed by atoms with E-state index < -0.39 is 23.7 Å². The topological polar surface area (TPSA) is 75.6 Å². The molecule has 1 rings (SSSR count). The number of nitrogens with one attached hydrogen (secondary N) is 1. The van der Waals surface area contributed by atoms with E-state index in [1.807, 2.05) is 37.3 Å². The summed E-state index contributed by atoms with van der Waals surface area (Å²) in [5, 5.41) is 12.5. The van der Waals surface area contributed by atoms with Gasteiger partial charge in [-0.3, -0.25) is 0 Å². The summed E-state index contributed by atoms with van der Waals surface area (Å²) < 4.78 is 6.33. The standard InChI is InChI=1S/C16H23NO4Se/c1-11(10-22-12-8-6-5-7-9-12)13(14(18)19)17-15(20)21-16(2,3)4/h5-9,11,13H,10H2,1-4H3,(H,17,20)(H,18,19)/t11?,13-/m0/s1. The molecule has 1 aromatic rings. The Morgan fingerprint density at radius 3 is 2.36 bits per heavy atom. The summed E-state index contributed by atoms with van der Waals surface area (Å²) in [7, 11) is 0. The van der Waals surface area contributed by atoms with Crippen molar-refractivity contribution in [2.24, 2.45) is 5.92 Å². The molecule has 0 saturated carbocycles. The SMILES string of the molecule is CC(C[Se]c1ccccc1)[C@H](NC(=O)OC(C)(C)C)C(=O)O. The van der Waals surface area contributed by atoms with Crippen LogP contribution in [0.25, 0.3) is 0 Å². The van der Waals surface area contributed by atoms with Crippen molar-refractivity contribution >= 4 is 31.5 Å². The third-order valence-corrected chi connectivity index (χ3v) is 5.49. The average Bonchev–Trinajstić information content (AvgIpc) is 2.41. The first-order valence-electron chi connectivity index (χ1n) is 7.09. The van der Waals surface area contributed by atoms with Crippen molar-refractivity contribution in [3.05, 3.63) is 30.3 Å². The van der Waals surface area contributed by atoms with E-state index in [0.29, 0.717) is 0 Å². The van der Waals surface area contributed by atoms with Gasteiger partial charge in [0.1, 0.15) is 0 Å². The van der Waals surface area contributed by atoms with Crippen LogP contribution in [0.1, 0.15) is 27.7 Å². The number of carboxylic acids is 1. The number of carboxylic acid groups (broad SMARTS) is 1. The number of aliphatic carboxylic acids is 1. The van der Waals surface area contributed by atoms with Crippen LogP contribution in [0.3, 0.4) is 0 Å². The van der Waals surface area contributed by atoms with Crippen molar-refractivity contribution < 1.29 is 19.4 Å². The predicted octanol–water partition coefficient (Wildman–Crippen LogP) is 2.05. The molecule has 0 fully saturated rings. The number of rotatable bonds is 6. The van der Waals surface area contributed by atoms with E-state index in [0.717, 1.165) is 5.32 Å². The van der Waals surface area contributed by atoms with E-state index in [-0.39, 0.29) is 20.9 Å². The quantitative estimate of drug-likeness (QED) is 0.750. The second kappa shape index (κ2) is 8.20. The molecule has 5 nitrogen and oxygen atoms in total. The first kappa shape index (κ1) is 18.5. The monoisotopic (exact) mass is 373 g/mol. The number of hydrogen-bond acceptors (Lipinski definition) is 3. The van der Waals surface area contributed by atoms with Gasteiger partial charge in [0.15, 0.2) is 0 Å². The molecule has 0 radical (unpaired) electrons. The molecule has 6 heteroatoms. The Hall–Kier alpha value is -1.52. The van der Waals surface area contributed by atoms with Crippen LogP contribution in [-0.4, -0.2) is 43.8 Å². The number of carbonyl (C=O) groups excluding carboxylic acids is 1. The molecule has 2 atom stereocenters. The van der Waals surface area contributed by atoms with Gasteiger partial charge in [-0.15, -0.1) is 0 Å². The van der Waals surface area contributed by atoms with Crippen molar-refractivity contribution in [2.75, 3.05) is 0 Å². The molecule has 0 bridgehead atoms. The van der Waals surface area contributed by atoms with Crippen molar-refractivity contribution in [3.63, 3.8) is 0 Å². The molecule has 0 aliphatic rings. The molecule has 22 heavy (non-hydrogen) atoms. The summed E-state index contributed by atoms with van der Waals surface area (Å²) in [4.78, 5) is 23.2. The van der Waals surface area contributed by atoms with Crippen molar-refractivity contribution in [1.82, 2.24) is 5.32 Å². The van der Waals surface area contributed by atoms with Gasteiger partial charge in [0, 0.05) is 0 Å². The Balaban J connectivity index is 2.58. The van der Waals surface area contributed by atoms with E-state index in [1.54, 1.807) is 20.8 Å². The third kappa shape index (κ3) is 6.96. The minimum atomic E-state index is -1.04. The van der Waals surface area contributed by atoms with Gasteiger partial charge in [-0.25, -0.2) is 0 Å². The molecule has 2 N–H and O–H groups in total.